The summed E-state index contributed by atoms with van der Waals surface area (Å²) in [4.78, 5) is 21.5. The third kappa shape index (κ3) is 3.03. The summed E-state index contributed by atoms with van der Waals surface area (Å²) in [6.07, 6.45) is 0.0400. The smallest absolute Gasteiger partial charge is 0.322 e. The Labute approximate surface area is 82.4 Å². The van der Waals surface area contributed by atoms with Crippen LogP contribution in [0.25, 0.3) is 0 Å². The summed E-state index contributed by atoms with van der Waals surface area (Å²) < 4.78 is 0. The fourth-order valence-electron chi connectivity index (χ4n) is 0.957. The van der Waals surface area contributed by atoms with Gasteiger partial charge in [-0.1, -0.05) is 13.8 Å². The highest BCUT2D eigenvalue weighted by Crippen LogP contribution is 2.00. The minimum Gasteiger partial charge on any atom is -0.325 e. The van der Waals surface area contributed by atoms with Crippen LogP contribution in [-0.2, 0) is 4.79 Å². The Morgan fingerprint density at radius 2 is 2.14 bits per heavy atom. The van der Waals surface area contributed by atoms with Crippen LogP contribution in [0.5, 0.6) is 0 Å². The molecule has 0 aliphatic carbocycles. The van der Waals surface area contributed by atoms with Crippen LogP contribution in [0.2, 0.25) is 0 Å². The van der Waals surface area contributed by atoms with Crippen LogP contribution in [0.3, 0.4) is 0 Å². The SMILES string of the molecule is CC.N#CCC(N)C1NC(=O)NC1=O. The number of amides is 3. The Kier molecular flexibility index (Phi) is 5.26. The molecule has 0 bridgehead atoms. The van der Waals surface area contributed by atoms with Gasteiger partial charge in [0.2, 0.25) is 0 Å². The van der Waals surface area contributed by atoms with E-state index in [1.54, 1.807) is 0 Å². The number of nitrogens with zero attached hydrogens (tertiary/aromatic N) is 1. The molecule has 0 aromatic carbocycles. The standard InChI is InChI=1S/C6H8N4O2.C2H6/c7-2-1-3(8)4-5(11)10-6(12)9-4;1-2/h3-4H,1,8H2,(H2,9,10,11,12);1-2H3. The minimum absolute atomic E-state index is 0.0400. The first-order chi connectivity index (χ1) is 6.65. The summed E-state index contributed by atoms with van der Waals surface area (Å²) >= 11 is 0. The van der Waals surface area contributed by atoms with Gasteiger partial charge in [-0.2, -0.15) is 5.26 Å². The molecule has 0 aromatic heterocycles. The molecular weight excluding hydrogens is 184 g/mol. The van der Waals surface area contributed by atoms with Crippen molar-refractivity contribution in [3.8, 4) is 6.07 Å². The summed E-state index contributed by atoms with van der Waals surface area (Å²) in [6.45, 7) is 4.00. The number of hydrogen-bond donors (Lipinski definition) is 3. The average molecular weight is 198 g/mol. The van der Waals surface area contributed by atoms with Crippen LogP contribution >= 0.6 is 0 Å². The number of urea groups is 1. The molecule has 2 atom stereocenters. The van der Waals surface area contributed by atoms with Crippen molar-refractivity contribution < 1.29 is 9.59 Å². The van der Waals surface area contributed by atoms with Gasteiger partial charge in [0.1, 0.15) is 6.04 Å². The van der Waals surface area contributed by atoms with Gasteiger partial charge in [-0.05, 0) is 0 Å². The summed E-state index contributed by atoms with van der Waals surface area (Å²) in [5.74, 6) is -0.470. The second-order valence-corrected chi connectivity index (χ2v) is 2.47. The molecule has 0 saturated carbocycles. The molecule has 4 N–H and O–H groups in total. The van der Waals surface area contributed by atoms with Crippen molar-refractivity contribution in [1.29, 1.82) is 5.26 Å². The fraction of sp³-hybridized carbons (Fsp3) is 0.625. The first-order valence-corrected chi connectivity index (χ1v) is 4.39. The monoisotopic (exact) mass is 198 g/mol. The number of hydrogen-bond acceptors (Lipinski definition) is 4. The number of carbonyl (C=O) groups excluding carboxylic acids is 2. The summed E-state index contributed by atoms with van der Waals surface area (Å²) in [6, 6.07) is -0.138. The molecule has 6 nitrogen and oxygen atoms in total. The van der Waals surface area contributed by atoms with Gasteiger partial charge in [-0.3, -0.25) is 10.1 Å². The Morgan fingerprint density at radius 3 is 2.50 bits per heavy atom. The van der Waals surface area contributed by atoms with Gasteiger partial charge >= 0.3 is 6.03 Å². The molecular formula is C8H14N4O2. The van der Waals surface area contributed by atoms with Crippen molar-refractivity contribution in [3.63, 3.8) is 0 Å². The number of imide groups is 1. The van der Waals surface area contributed by atoms with Crippen LogP contribution in [0.15, 0.2) is 0 Å². The van der Waals surface area contributed by atoms with E-state index in [0.717, 1.165) is 0 Å². The highest BCUT2D eigenvalue weighted by Gasteiger charge is 2.33. The number of carbonyl (C=O) groups is 2. The maximum atomic E-state index is 10.9. The lowest BCUT2D eigenvalue weighted by Crippen LogP contribution is -2.45. The van der Waals surface area contributed by atoms with Gasteiger partial charge in [-0.15, -0.1) is 0 Å². The van der Waals surface area contributed by atoms with Crippen molar-refractivity contribution in [2.45, 2.75) is 32.4 Å². The van der Waals surface area contributed by atoms with Crippen molar-refractivity contribution in [1.82, 2.24) is 10.6 Å². The lowest BCUT2D eigenvalue weighted by atomic mass is 10.1. The van der Waals surface area contributed by atoms with E-state index in [4.69, 9.17) is 11.0 Å². The van der Waals surface area contributed by atoms with E-state index >= 15 is 0 Å². The van der Waals surface area contributed by atoms with E-state index in [2.05, 4.69) is 5.32 Å². The van der Waals surface area contributed by atoms with E-state index in [1.807, 2.05) is 25.2 Å². The lowest BCUT2D eigenvalue weighted by Gasteiger charge is -2.12. The molecule has 78 valence electrons. The van der Waals surface area contributed by atoms with Crippen LogP contribution in [-0.4, -0.2) is 24.0 Å². The number of rotatable bonds is 2. The predicted molar refractivity (Wildman–Crippen MR) is 50.0 cm³/mol. The molecule has 0 aromatic rings. The molecule has 0 spiro atoms. The molecule has 1 heterocycles. The van der Waals surface area contributed by atoms with Gasteiger partial charge in [0.25, 0.3) is 5.91 Å². The zero-order chi connectivity index (χ0) is 11.1. The zero-order valence-corrected chi connectivity index (χ0v) is 8.20. The summed E-state index contributed by atoms with van der Waals surface area (Å²) in [5.41, 5.74) is 5.44. The van der Waals surface area contributed by atoms with Crippen molar-refractivity contribution in [2.24, 2.45) is 5.73 Å². The Bertz CT molecular complexity index is 259. The second-order valence-electron chi connectivity index (χ2n) is 2.47. The molecule has 1 saturated heterocycles. The maximum absolute atomic E-state index is 10.9. The molecule has 2 unspecified atom stereocenters. The van der Waals surface area contributed by atoms with Crippen molar-refractivity contribution in [2.75, 3.05) is 0 Å². The minimum atomic E-state index is -0.767. The maximum Gasteiger partial charge on any atom is 0.322 e. The van der Waals surface area contributed by atoms with E-state index < -0.39 is 24.0 Å². The Balaban J connectivity index is 0.000000791. The van der Waals surface area contributed by atoms with E-state index in [9.17, 15) is 9.59 Å². The van der Waals surface area contributed by atoms with E-state index in [1.165, 1.54) is 0 Å². The van der Waals surface area contributed by atoms with Crippen LogP contribution in [0.4, 0.5) is 4.79 Å². The summed E-state index contributed by atoms with van der Waals surface area (Å²) in [5, 5.41) is 12.6. The molecule has 1 aliphatic heterocycles. The molecule has 3 amide bonds. The number of nitriles is 1. The quantitative estimate of drug-likeness (QED) is 0.518. The molecule has 14 heavy (non-hydrogen) atoms. The molecule has 6 heteroatoms. The molecule has 1 rings (SSSR count). The largest absolute Gasteiger partial charge is 0.325 e. The van der Waals surface area contributed by atoms with Crippen molar-refractivity contribution in [3.05, 3.63) is 0 Å². The fourth-order valence-corrected chi connectivity index (χ4v) is 0.957. The first kappa shape index (κ1) is 12.4. The van der Waals surface area contributed by atoms with Crippen LogP contribution in [0.1, 0.15) is 20.3 Å². The lowest BCUT2D eigenvalue weighted by molar-refractivity contribution is -0.120. The van der Waals surface area contributed by atoms with Gasteiger partial charge in [-0.25, -0.2) is 4.79 Å². The summed E-state index contributed by atoms with van der Waals surface area (Å²) in [7, 11) is 0. The van der Waals surface area contributed by atoms with Crippen LogP contribution in [0, 0.1) is 11.3 Å². The highest BCUT2D eigenvalue weighted by atomic mass is 16.2. The van der Waals surface area contributed by atoms with Gasteiger partial charge in [0, 0.05) is 6.04 Å². The van der Waals surface area contributed by atoms with Gasteiger partial charge in [0.15, 0.2) is 0 Å². The highest BCUT2D eigenvalue weighted by molar-refractivity contribution is 6.04. The van der Waals surface area contributed by atoms with E-state index in [0.29, 0.717) is 0 Å². The molecule has 1 fully saturated rings. The third-order valence-corrected chi connectivity index (χ3v) is 1.56. The molecule has 1 aliphatic rings. The second kappa shape index (κ2) is 5.94. The first-order valence-electron chi connectivity index (χ1n) is 4.39. The number of nitrogens with two attached hydrogens (primary N) is 1. The zero-order valence-electron chi connectivity index (χ0n) is 8.20. The average Bonchev–Trinajstić information content (AvgIpc) is 2.49. The predicted octanol–water partition coefficient (Wildman–Crippen LogP) is -0.538. The third-order valence-electron chi connectivity index (χ3n) is 1.56. The van der Waals surface area contributed by atoms with Gasteiger partial charge in [0.05, 0.1) is 12.5 Å². The Hall–Kier alpha value is -1.61. The topological polar surface area (TPSA) is 108 Å². The van der Waals surface area contributed by atoms with Gasteiger partial charge < -0.3 is 11.1 Å². The van der Waals surface area contributed by atoms with Crippen molar-refractivity contribution >= 4 is 11.9 Å². The normalized spacial score (nSPS) is 21.1. The Morgan fingerprint density at radius 1 is 1.57 bits per heavy atom. The molecule has 0 radical (unpaired) electrons. The van der Waals surface area contributed by atoms with Crippen LogP contribution < -0.4 is 16.4 Å². The van der Waals surface area contributed by atoms with E-state index in [-0.39, 0.29) is 6.42 Å². The number of nitrogens with one attached hydrogen (secondary N) is 2.